The quantitative estimate of drug-likeness (QED) is 0.244. The molecule has 0 bridgehead atoms. The van der Waals surface area contributed by atoms with Crippen LogP contribution < -0.4 is 16.4 Å². The van der Waals surface area contributed by atoms with E-state index in [1.54, 1.807) is 13.8 Å². The number of nitrogens with two attached hydrogens (primary N) is 1. The van der Waals surface area contributed by atoms with E-state index in [0.717, 1.165) is 0 Å². The minimum Gasteiger partial charge on any atom is -0.480 e. The molecule has 1 aromatic rings. The molecule has 2 rings (SSSR count). The van der Waals surface area contributed by atoms with Crippen molar-refractivity contribution in [2.75, 3.05) is 12.3 Å². The molecule has 4 unspecified atom stereocenters. The predicted molar refractivity (Wildman–Crippen MR) is 115 cm³/mol. The molecule has 0 radical (unpaired) electrons. The average Bonchev–Trinajstić information content (AvgIpc) is 3.41. The zero-order valence-electron chi connectivity index (χ0n) is 17.6. The van der Waals surface area contributed by atoms with Crippen LogP contribution >= 0.6 is 12.6 Å². The fraction of sp³-hybridized carbons (Fsp3) is 0.632. The first-order chi connectivity index (χ1) is 14.6. The summed E-state index contributed by atoms with van der Waals surface area (Å²) in [7, 11) is 0. The Morgan fingerprint density at radius 3 is 2.58 bits per heavy atom. The minimum atomic E-state index is -1.08. The van der Waals surface area contributed by atoms with E-state index in [1.807, 2.05) is 0 Å². The maximum absolute atomic E-state index is 13.2. The maximum Gasteiger partial charge on any atom is 0.326 e. The second-order valence-electron chi connectivity index (χ2n) is 7.89. The van der Waals surface area contributed by atoms with Crippen LogP contribution in [0, 0.1) is 5.92 Å². The Bertz CT molecular complexity index is 787. The molecule has 2 heterocycles. The van der Waals surface area contributed by atoms with Crippen LogP contribution in [-0.2, 0) is 25.6 Å². The number of hydrogen-bond donors (Lipinski definition) is 6. The second-order valence-corrected chi connectivity index (χ2v) is 8.25. The van der Waals surface area contributed by atoms with Crippen molar-refractivity contribution in [2.45, 2.75) is 57.3 Å². The molecule has 1 saturated heterocycles. The van der Waals surface area contributed by atoms with Gasteiger partial charge in [0.25, 0.3) is 0 Å². The van der Waals surface area contributed by atoms with E-state index in [9.17, 15) is 24.3 Å². The number of nitrogens with zero attached hydrogens (tertiary/aromatic N) is 2. The number of carboxylic acid groups (broad SMARTS) is 1. The standard InChI is InChI=1S/C19H30N6O5S/c1-10(2)15(24-16(26)12(20)8-31)17(27)23-13(6-11-7-21-9-22-11)18(28)25-5-3-4-14(25)19(29)30/h7,9-10,12-15,31H,3-6,8,20H2,1-2H3,(H,21,22)(H,23,27)(H,24,26)(H,29,30). The number of nitrogens with one attached hydrogen (secondary N) is 3. The van der Waals surface area contributed by atoms with Crippen LogP contribution in [0.15, 0.2) is 12.5 Å². The fourth-order valence-corrected chi connectivity index (χ4v) is 3.61. The Morgan fingerprint density at radius 2 is 2.03 bits per heavy atom. The Hall–Kier alpha value is -2.60. The summed E-state index contributed by atoms with van der Waals surface area (Å²) in [4.78, 5) is 58.0. The van der Waals surface area contributed by atoms with Gasteiger partial charge >= 0.3 is 5.97 Å². The Kier molecular flexibility index (Phi) is 8.87. The summed E-state index contributed by atoms with van der Waals surface area (Å²) in [5.41, 5.74) is 6.29. The van der Waals surface area contributed by atoms with Crippen molar-refractivity contribution in [2.24, 2.45) is 11.7 Å². The first-order valence-corrected chi connectivity index (χ1v) is 10.8. The Morgan fingerprint density at radius 1 is 1.32 bits per heavy atom. The molecule has 0 aromatic carbocycles. The highest BCUT2D eigenvalue weighted by Gasteiger charge is 2.38. The minimum absolute atomic E-state index is 0.0995. The average molecular weight is 455 g/mol. The van der Waals surface area contributed by atoms with Gasteiger partial charge in [0.15, 0.2) is 0 Å². The molecule has 0 spiro atoms. The third kappa shape index (κ3) is 6.44. The number of thiol groups is 1. The molecule has 11 nitrogen and oxygen atoms in total. The largest absolute Gasteiger partial charge is 0.480 e. The number of carbonyl (C=O) groups is 4. The number of H-pyrrole nitrogens is 1. The lowest BCUT2D eigenvalue weighted by Crippen LogP contribution is -2.59. The van der Waals surface area contributed by atoms with Gasteiger partial charge in [-0.25, -0.2) is 9.78 Å². The number of carboxylic acids is 1. The van der Waals surface area contributed by atoms with Crippen molar-refractivity contribution < 1.29 is 24.3 Å². The number of imidazole rings is 1. The van der Waals surface area contributed by atoms with E-state index < -0.39 is 47.9 Å². The van der Waals surface area contributed by atoms with Gasteiger partial charge in [-0.1, -0.05) is 13.8 Å². The van der Waals surface area contributed by atoms with E-state index in [1.165, 1.54) is 17.4 Å². The molecule has 12 heteroatoms. The number of rotatable bonds is 10. The summed E-state index contributed by atoms with van der Waals surface area (Å²) >= 11 is 3.99. The molecular weight excluding hydrogens is 424 g/mol. The molecular formula is C19H30N6O5S. The highest BCUT2D eigenvalue weighted by molar-refractivity contribution is 7.80. The van der Waals surface area contributed by atoms with Gasteiger partial charge in [-0.2, -0.15) is 12.6 Å². The predicted octanol–water partition coefficient (Wildman–Crippen LogP) is -1.09. The number of amides is 3. The molecule has 1 aliphatic rings. The van der Waals surface area contributed by atoms with Crippen molar-refractivity contribution in [1.82, 2.24) is 25.5 Å². The van der Waals surface area contributed by atoms with Crippen LogP contribution in [0.2, 0.25) is 0 Å². The van der Waals surface area contributed by atoms with Gasteiger partial charge in [0, 0.05) is 30.6 Å². The van der Waals surface area contributed by atoms with E-state index in [4.69, 9.17) is 5.73 Å². The Balaban J connectivity index is 2.20. The summed E-state index contributed by atoms with van der Waals surface area (Å²) in [5, 5.41) is 14.7. The van der Waals surface area contributed by atoms with E-state index in [2.05, 4.69) is 33.2 Å². The van der Waals surface area contributed by atoms with Gasteiger partial charge in [0.2, 0.25) is 17.7 Å². The number of likely N-dealkylation sites (tertiary alicyclic amines) is 1. The smallest absolute Gasteiger partial charge is 0.326 e. The molecule has 0 saturated carbocycles. The summed E-state index contributed by atoms with van der Waals surface area (Å²) in [6.07, 6.45) is 4.00. The third-order valence-corrected chi connectivity index (χ3v) is 5.59. The lowest BCUT2D eigenvalue weighted by Gasteiger charge is -2.29. The highest BCUT2D eigenvalue weighted by atomic mass is 32.1. The Labute approximate surface area is 185 Å². The second kappa shape index (κ2) is 11.1. The monoisotopic (exact) mass is 454 g/mol. The van der Waals surface area contributed by atoms with Gasteiger partial charge in [-0.05, 0) is 18.8 Å². The van der Waals surface area contributed by atoms with Gasteiger partial charge in [-0.15, -0.1) is 0 Å². The molecule has 172 valence electrons. The number of aromatic amines is 1. The van der Waals surface area contributed by atoms with Crippen LogP contribution in [0.3, 0.4) is 0 Å². The highest BCUT2D eigenvalue weighted by Crippen LogP contribution is 2.19. The molecule has 0 aliphatic carbocycles. The van der Waals surface area contributed by atoms with E-state index in [0.29, 0.717) is 25.1 Å². The van der Waals surface area contributed by atoms with Crippen molar-refractivity contribution in [3.8, 4) is 0 Å². The zero-order valence-corrected chi connectivity index (χ0v) is 18.5. The van der Waals surface area contributed by atoms with Crippen LogP contribution in [0.5, 0.6) is 0 Å². The number of aliphatic carboxylic acids is 1. The molecule has 1 aromatic heterocycles. The fourth-order valence-electron chi connectivity index (χ4n) is 3.44. The normalized spacial score (nSPS) is 19.0. The lowest BCUT2D eigenvalue weighted by atomic mass is 10.0. The van der Waals surface area contributed by atoms with Gasteiger partial charge in [0.05, 0.1) is 12.4 Å². The number of hydrogen-bond acceptors (Lipinski definition) is 7. The molecule has 3 amide bonds. The lowest BCUT2D eigenvalue weighted by molar-refractivity contribution is -0.149. The van der Waals surface area contributed by atoms with E-state index in [-0.39, 0.29) is 18.1 Å². The summed E-state index contributed by atoms with van der Waals surface area (Å²) in [6, 6.07) is -3.75. The molecule has 1 fully saturated rings. The molecule has 1 aliphatic heterocycles. The van der Waals surface area contributed by atoms with Gasteiger partial charge in [-0.3, -0.25) is 14.4 Å². The van der Waals surface area contributed by atoms with Crippen molar-refractivity contribution >= 4 is 36.3 Å². The molecule has 6 N–H and O–H groups in total. The van der Waals surface area contributed by atoms with Crippen molar-refractivity contribution in [3.05, 3.63) is 18.2 Å². The molecule has 31 heavy (non-hydrogen) atoms. The maximum atomic E-state index is 13.2. The van der Waals surface area contributed by atoms with Crippen LogP contribution in [-0.4, -0.2) is 80.1 Å². The van der Waals surface area contributed by atoms with Crippen LogP contribution in [0.25, 0.3) is 0 Å². The van der Waals surface area contributed by atoms with E-state index >= 15 is 0 Å². The topological polar surface area (TPSA) is 171 Å². The van der Waals surface area contributed by atoms with Gasteiger partial charge < -0.3 is 31.4 Å². The first kappa shape index (κ1) is 24.7. The molecule has 4 atom stereocenters. The number of aromatic nitrogens is 2. The van der Waals surface area contributed by atoms with Crippen molar-refractivity contribution in [3.63, 3.8) is 0 Å². The zero-order chi connectivity index (χ0) is 23.1. The summed E-state index contributed by atoms with van der Waals surface area (Å²) in [6.45, 7) is 3.80. The SMILES string of the molecule is CC(C)C(NC(=O)C(N)CS)C(=O)NC(Cc1cnc[nH]1)C(=O)N1CCCC1C(=O)O. The van der Waals surface area contributed by atoms with Gasteiger partial charge in [0.1, 0.15) is 18.1 Å². The summed E-state index contributed by atoms with van der Waals surface area (Å²) < 4.78 is 0. The van der Waals surface area contributed by atoms with Crippen LogP contribution in [0.1, 0.15) is 32.4 Å². The van der Waals surface area contributed by atoms with Crippen molar-refractivity contribution in [1.29, 1.82) is 0 Å². The summed E-state index contributed by atoms with van der Waals surface area (Å²) in [5.74, 6) is -2.81. The number of carbonyl (C=O) groups excluding carboxylic acids is 3. The first-order valence-electron chi connectivity index (χ1n) is 10.1. The van der Waals surface area contributed by atoms with Crippen LogP contribution in [0.4, 0.5) is 0 Å². The third-order valence-electron chi connectivity index (χ3n) is 5.19.